The summed E-state index contributed by atoms with van der Waals surface area (Å²) in [5.74, 6) is 0.850. The van der Waals surface area contributed by atoms with Crippen LogP contribution in [0, 0.1) is 0 Å². The zero-order valence-electron chi connectivity index (χ0n) is 9.40. The zero-order chi connectivity index (χ0) is 10.8. The Labute approximate surface area is 89.7 Å². The van der Waals surface area contributed by atoms with Crippen LogP contribution in [0.2, 0.25) is 0 Å². The number of rotatable bonds is 3. The highest BCUT2D eigenvalue weighted by molar-refractivity contribution is 5.77. The van der Waals surface area contributed by atoms with Gasteiger partial charge in [0.15, 0.2) is 0 Å². The Kier molecular flexibility index (Phi) is 2.62. The second kappa shape index (κ2) is 3.93. The van der Waals surface area contributed by atoms with Crippen molar-refractivity contribution in [3.8, 4) is 5.75 Å². The Morgan fingerprint density at radius 3 is 3.07 bits per heavy atom. The summed E-state index contributed by atoms with van der Waals surface area (Å²) >= 11 is 0. The lowest BCUT2D eigenvalue weighted by molar-refractivity contribution is 0.217. The van der Waals surface area contributed by atoms with Crippen LogP contribution in [-0.2, 0) is 7.05 Å². The molecule has 0 aliphatic carbocycles. The largest absolute Gasteiger partial charge is 0.489 e. The molecule has 0 saturated heterocycles. The van der Waals surface area contributed by atoms with Crippen molar-refractivity contribution in [1.29, 1.82) is 0 Å². The van der Waals surface area contributed by atoms with E-state index in [-0.39, 0.29) is 6.10 Å². The van der Waals surface area contributed by atoms with Crippen molar-refractivity contribution in [1.82, 2.24) is 9.55 Å². The van der Waals surface area contributed by atoms with Crippen molar-refractivity contribution in [3.05, 3.63) is 24.5 Å². The lowest BCUT2D eigenvalue weighted by atomic mass is 10.3. The SMILES string of the molecule is CCC(C)Oc1cnc2c(ccn2C)c1. The Bertz CT molecular complexity index is 462. The van der Waals surface area contributed by atoms with E-state index in [0.29, 0.717) is 0 Å². The van der Waals surface area contributed by atoms with Gasteiger partial charge in [-0.1, -0.05) is 6.92 Å². The highest BCUT2D eigenvalue weighted by Gasteiger charge is 2.04. The van der Waals surface area contributed by atoms with Crippen LogP contribution >= 0.6 is 0 Å². The molecule has 2 rings (SSSR count). The van der Waals surface area contributed by atoms with E-state index in [1.54, 1.807) is 6.20 Å². The average molecular weight is 204 g/mol. The third-order valence-corrected chi connectivity index (χ3v) is 2.59. The molecule has 3 heteroatoms. The van der Waals surface area contributed by atoms with Crippen LogP contribution in [0.4, 0.5) is 0 Å². The minimum atomic E-state index is 0.243. The Balaban J connectivity index is 2.31. The molecule has 0 aliphatic rings. The molecule has 2 heterocycles. The summed E-state index contributed by atoms with van der Waals surface area (Å²) in [6, 6.07) is 4.08. The molecule has 0 fully saturated rings. The van der Waals surface area contributed by atoms with E-state index < -0.39 is 0 Å². The molecule has 1 unspecified atom stereocenters. The minimum absolute atomic E-state index is 0.243. The predicted octanol–water partition coefficient (Wildman–Crippen LogP) is 2.75. The molecule has 0 radical (unpaired) electrons. The number of hydrogen-bond donors (Lipinski definition) is 0. The molecule has 80 valence electrons. The lowest BCUT2D eigenvalue weighted by Crippen LogP contribution is -2.09. The molecular formula is C12H16N2O. The van der Waals surface area contributed by atoms with Gasteiger partial charge in [0.05, 0.1) is 12.3 Å². The van der Waals surface area contributed by atoms with Gasteiger partial charge in [-0.05, 0) is 25.5 Å². The molecule has 0 saturated carbocycles. The number of aryl methyl sites for hydroxylation is 1. The molecule has 15 heavy (non-hydrogen) atoms. The van der Waals surface area contributed by atoms with E-state index in [9.17, 15) is 0 Å². The van der Waals surface area contributed by atoms with Crippen molar-refractivity contribution in [2.75, 3.05) is 0 Å². The maximum absolute atomic E-state index is 5.71. The number of aromatic nitrogens is 2. The van der Waals surface area contributed by atoms with Gasteiger partial charge in [0.25, 0.3) is 0 Å². The van der Waals surface area contributed by atoms with Gasteiger partial charge in [-0.2, -0.15) is 0 Å². The van der Waals surface area contributed by atoms with Crippen LogP contribution in [0.3, 0.4) is 0 Å². The van der Waals surface area contributed by atoms with Crippen molar-refractivity contribution in [2.45, 2.75) is 26.4 Å². The first-order chi connectivity index (χ1) is 7.20. The Morgan fingerprint density at radius 2 is 2.33 bits per heavy atom. The van der Waals surface area contributed by atoms with Crippen LogP contribution in [0.25, 0.3) is 11.0 Å². The van der Waals surface area contributed by atoms with E-state index in [2.05, 4.69) is 18.8 Å². The van der Waals surface area contributed by atoms with Crippen LogP contribution in [0.5, 0.6) is 5.75 Å². The van der Waals surface area contributed by atoms with Crippen molar-refractivity contribution < 1.29 is 4.74 Å². The molecule has 0 bridgehead atoms. The Morgan fingerprint density at radius 1 is 1.53 bits per heavy atom. The van der Waals surface area contributed by atoms with E-state index in [0.717, 1.165) is 23.2 Å². The van der Waals surface area contributed by atoms with Crippen molar-refractivity contribution >= 4 is 11.0 Å². The lowest BCUT2D eigenvalue weighted by Gasteiger charge is -2.11. The summed E-state index contributed by atoms with van der Waals surface area (Å²) in [6.45, 7) is 4.17. The molecule has 0 amide bonds. The van der Waals surface area contributed by atoms with Crippen LogP contribution in [-0.4, -0.2) is 15.7 Å². The predicted molar refractivity (Wildman–Crippen MR) is 61.1 cm³/mol. The highest BCUT2D eigenvalue weighted by Crippen LogP contribution is 2.19. The summed E-state index contributed by atoms with van der Waals surface area (Å²) < 4.78 is 7.71. The number of ether oxygens (including phenoxy) is 1. The summed E-state index contributed by atoms with van der Waals surface area (Å²) in [5.41, 5.74) is 0.992. The molecule has 0 aromatic carbocycles. The third-order valence-electron chi connectivity index (χ3n) is 2.59. The fraction of sp³-hybridized carbons (Fsp3) is 0.417. The Hall–Kier alpha value is -1.51. The first-order valence-electron chi connectivity index (χ1n) is 5.28. The van der Waals surface area contributed by atoms with Gasteiger partial charge >= 0.3 is 0 Å². The topological polar surface area (TPSA) is 27.1 Å². The number of hydrogen-bond acceptors (Lipinski definition) is 2. The van der Waals surface area contributed by atoms with Gasteiger partial charge in [0, 0.05) is 18.6 Å². The maximum atomic E-state index is 5.71. The smallest absolute Gasteiger partial charge is 0.139 e. The van der Waals surface area contributed by atoms with E-state index in [4.69, 9.17) is 4.74 Å². The van der Waals surface area contributed by atoms with Gasteiger partial charge in [-0.3, -0.25) is 0 Å². The zero-order valence-corrected chi connectivity index (χ0v) is 9.40. The number of pyridine rings is 1. The summed E-state index contributed by atoms with van der Waals surface area (Å²) in [7, 11) is 1.99. The minimum Gasteiger partial charge on any atom is -0.489 e. The second-order valence-corrected chi connectivity index (χ2v) is 3.85. The maximum Gasteiger partial charge on any atom is 0.139 e. The van der Waals surface area contributed by atoms with Gasteiger partial charge in [0.1, 0.15) is 11.4 Å². The van der Waals surface area contributed by atoms with Gasteiger partial charge in [0.2, 0.25) is 0 Å². The van der Waals surface area contributed by atoms with Crippen LogP contribution in [0.1, 0.15) is 20.3 Å². The van der Waals surface area contributed by atoms with Gasteiger partial charge in [-0.15, -0.1) is 0 Å². The molecular weight excluding hydrogens is 188 g/mol. The normalized spacial score (nSPS) is 13.0. The molecule has 2 aromatic rings. The number of fused-ring (bicyclic) bond motifs is 1. The number of nitrogens with zero attached hydrogens (tertiary/aromatic N) is 2. The molecule has 3 nitrogen and oxygen atoms in total. The standard InChI is InChI=1S/C12H16N2O/c1-4-9(2)15-11-7-10-5-6-14(3)12(10)13-8-11/h5-9H,4H2,1-3H3. The van der Waals surface area contributed by atoms with Crippen molar-refractivity contribution in [3.63, 3.8) is 0 Å². The monoisotopic (exact) mass is 204 g/mol. The average Bonchev–Trinajstić information content (AvgIpc) is 2.60. The highest BCUT2D eigenvalue weighted by atomic mass is 16.5. The second-order valence-electron chi connectivity index (χ2n) is 3.85. The molecule has 0 spiro atoms. The molecule has 2 aromatic heterocycles. The van der Waals surface area contributed by atoms with Gasteiger partial charge in [-0.25, -0.2) is 4.98 Å². The summed E-state index contributed by atoms with van der Waals surface area (Å²) in [4.78, 5) is 4.37. The van der Waals surface area contributed by atoms with E-state index in [1.807, 2.05) is 29.9 Å². The van der Waals surface area contributed by atoms with Crippen molar-refractivity contribution in [2.24, 2.45) is 7.05 Å². The third kappa shape index (κ3) is 1.96. The van der Waals surface area contributed by atoms with E-state index >= 15 is 0 Å². The molecule has 1 atom stereocenters. The first kappa shape index (κ1) is 10.0. The molecule has 0 aliphatic heterocycles. The fourth-order valence-corrected chi connectivity index (χ4v) is 1.51. The summed E-state index contributed by atoms with van der Waals surface area (Å²) in [6.07, 6.45) is 5.04. The molecule has 0 N–H and O–H groups in total. The van der Waals surface area contributed by atoms with Crippen LogP contribution in [0.15, 0.2) is 24.5 Å². The quantitative estimate of drug-likeness (QED) is 0.768. The first-order valence-corrected chi connectivity index (χ1v) is 5.28. The van der Waals surface area contributed by atoms with Gasteiger partial charge < -0.3 is 9.30 Å². The van der Waals surface area contributed by atoms with E-state index in [1.165, 1.54) is 0 Å². The fourth-order valence-electron chi connectivity index (χ4n) is 1.51. The summed E-state index contributed by atoms with van der Waals surface area (Å²) in [5, 5.41) is 1.12. The van der Waals surface area contributed by atoms with Crippen LogP contribution < -0.4 is 4.74 Å².